The monoisotopic (exact) mass is 124 g/mol. The lowest BCUT2D eigenvalue weighted by Gasteiger charge is -2.23. The SMILES string of the molecule is C=C(C)C(=O)C1CCC1. The maximum absolute atomic E-state index is 11.0. The molecule has 0 saturated heterocycles. The highest BCUT2D eigenvalue weighted by atomic mass is 16.1. The summed E-state index contributed by atoms with van der Waals surface area (Å²) in [4.78, 5) is 11.0. The van der Waals surface area contributed by atoms with Crippen LogP contribution in [-0.2, 0) is 4.79 Å². The minimum Gasteiger partial charge on any atom is -0.294 e. The molecule has 0 bridgehead atoms. The van der Waals surface area contributed by atoms with Crippen molar-refractivity contribution in [2.24, 2.45) is 5.92 Å². The van der Waals surface area contributed by atoms with E-state index < -0.39 is 0 Å². The number of Topliss-reactive ketones (excluding diaryl/α,β-unsaturated/α-hetero) is 1. The number of ketones is 1. The average molecular weight is 124 g/mol. The Morgan fingerprint density at radius 1 is 1.56 bits per heavy atom. The minimum atomic E-state index is 0.279. The molecule has 1 aliphatic carbocycles. The lowest BCUT2D eigenvalue weighted by atomic mass is 9.80. The van der Waals surface area contributed by atoms with E-state index in [1.807, 2.05) is 0 Å². The van der Waals surface area contributed by atoms with Gasteiger partial charge in [0, 0.05) is 5.92 Å². The molecule has 0 aromatic heterocycles. The van der Waals surface area contributed by atoms with Crippen LogP contribution in [0.25, 0.3) is 0 Å². The molecule has 1 heteroatoms. The van der Waals surface area contributed by atoms with Gasteiger partial charge in [-0.15, -0.1) is 0 Å². The summed E-state index contributed by atoms with van der Waals surface area (Å²) in [7, 11) is 0. The summed E-state index contributed by atoms with van der Waals surface area (Å²) in [6, 6.07) is 0. The van der Waals surface area contributed by atoms with Gasteiger partial charge in [0.15, 0.2) is 5.78 Å². The molecule has 0 heterocycles. The summed E-state index contributed by atoms with van der Waals surface area (Å²) in [6.45, 7) is 5.40. The first-order chi connectivity index (χ1) is 4.22. The van der Waals surface area contributed by atoms with Gasteiger partial charge in [-0.05, 0) is 25.3 Å². The summed E-state index contributed by atoms with van der Waals surface area (Å²) in [6.07, 6.45) is 3.40. The van der Waals surface area contributed by atoms with Crippen molar-refractivity contribution in [3.8, 4) is 0 Å². The molecule has 1 fully saturated rings. The van der Waals surface area contributed by atoms with Gasteiger partial charge in [-0.3, -0.25) is 4.79 Å². The fourth-order valence-electron chi connectivity index (χ4n) is 1.02. The number of hydrogen-bond acceptors (Lipinski definition) is 1. The van der Waals surface area contributed by atoms with Gasteiger partial charge in [0.25, 0.3) is 0 Å². The Balaban J connectivity index is 2.42. The second-order valence-corrected chi connectivity index (χ2v) is 2.77. The Bertz CT molecular complexity index is 143. The Morgan fingerprint density at radius 3 is 2.22 bits per heavy atom. The van der Waals surface area contributed by atoms with Gasteiger partial charge in [-0.25, -0.2) is 0 Å². The van der Waals surface area contributed by atoms with Crippen LogP contribution in [0.1, 0.15) is 26.2 Å². The summed E-state index contributed by atoms with van der Waals surface area (Å²) in [5.41, 5.74) is 0.722. The Labute approximate surface area is 55.8 Å². The lowest BCUT2D eigenvalue weighted by Crippen LogP contribution is -2.21. The molecule has 1 rings (SSSR count). The third kappa shape index (κ3) is 1.21. The zero-order valence-electron chi connectivity index (χ0n) is 5.81. The van der Waals surface area contributed by atoms with E-state index in [0.29, 0.717) is 5.92 Å². The van der Waals surface area contributed by atoms with Crippen molar-refractivity contribution in [1.29, 1.82) is 0 Å². The van der Waals surface area contributed by atoms with Crippen molar-refractivity contribution in [2.75, 3.05) is 0 Å². The molecule has 9 heavy (non-hydrogen) atoms. The summed E-state index contributed by atoms with van der Waals surface area (Å²) in [5, 5.41) is 0. The first-order valence-electron chi connectivity index (χ1n) is 3.41. The van der Waals surface area contributed by atoms with Crippen LogP contribution < -0.4 is 0 Å². The molecule has 1 aliphatic rings. The van der Waals surface area contributed by atoms with E-state index in [4.69, 9.17) is 0 Å². The summed E-state index contributed by atoms with van der Waals surface area (Å²) >= 11 is 0. The molecular formula is C8H12O. The zero-order valence-corrected chi connectivity index (χ0v) is 5.81. The first-order valence-corrected chi connectivity index (χ1v) is 3.41. The molecule has 0 aromatic carbocycles. The van der Waals surface area contributed by atoms with Crippen LogP contribution in [0.5, 0.6) is 0 Å². The van der Waals surface area contributed by atoms with Gasteiger partial charge >= 0.3 is 0 Å². The molecular weight excluding hydrogens is 112 g/mol. The van der Waals surface area contributed by atoms with Crippen molar-refractivity contribution in [3.05, 3.63) is 12.2 Å². The van der Waals surface area contributed by atoms with Gasteiger partial charge < -0.3 is 0 Å². The maximum atomic E-state index is 11.0. The topological polar surface area (TPSA) is 17.1 Å². The van der Waals surface area contributed by atoms with Gasteiger partial charge in [-0.2, -0.15) is 0 Å². The third-order valence-electron chi connectivity index (χ3n) is 1.90. The van der Waals surface area contributed by atoms with E-state index >= 15 is 0 Å². The van der Waals surface area contributed by atoms with Crippen molar-refractivity contribution in [3.63, 3.8) is 0 Å². The highest BCUT2D eigenvalue weighted by Gasteiger charge is 2.24. The summed E-state index contributed by atoms with van der Waals surface area (Å²) < 4.78 is 0. The van der Waals surface area contributed by atoms with Crippen LogP contribution in [-0.4, -0.2) is 5.78 Å². The number of rotatable bonds is 2. The molecule has 0 amide bonds. The lowest BCUT2D eigenvalue weighted by molar-refractivity contribution is -0.121. The van der Waals surface area contributed by atoms with Crippen molar-refractivity contribution < 1.29 is 4.79 Å². The van der Waals surface area contributed by atoms with Gasteiger partial charge in [0.1, 0.15) is 0 Å². The van der Waals surface area contributed by atoms with Crippen molar-refractivity contribution in [1.82, 2.24) is 0 Å². The van der Waals surface area contributed by atoms with Crippen LogP contribution >= 0.6 is 0 Å². The first kappa shape index (κ1) is 6.53. The Hall–Kier alpha value is -0.590. The second kappa shape index (κ2) is 2.34. The zero-order chi connectivity index (χ0) is 6.85. The highest BCUT2D eigenvalue weighted by molar-refractivity contribution is 5.96. The van der Waals surface area contributed by atoms with Crippen LogP contribution in [0.2, 0.25) is 0 Å². The molecule has 0 aromatic rings. The maximum Gasteiger partial charge on any atom is 0.161 e. The van der Waals surface area contributed by atoms with Gasteiger partial charge in [0.2, 0.25) is 0 Å². The number of carbonyl (C=O) groups is 1. The third-order valence-corrected chi connectivity index (χ3v) is 1.90. The predicted octanol–water partition coefficient (Wildman–Crippen LogP) is 1.93. The molecule has 1 nitrogen and oxygen atoms in total. The van der Waals surface area contributed by atoms with Crippen molar-refractivity contribution >= 4 is 5.78 Å². The van der Waals surface area contributed by atoms with E-state index in [2.05, 4.69) is 6.58 Å². The molecule has 50 valence electrons. The number of carbonyl (C=O) groups excluding carboxylic acids is 1. The molecule has 0 aliphatic heterocycles. The quantitative estimate of drug-likeness (QED) is 0.514. The van der Waals surface area contributed by atoms with Crippen LogP contribution in [0.4, 0.5) is 0 Å². The minimum absolute atomic E-state index is 0.279. The fraction of sp³-hybridized carbons (Fsp3) is 0.625. The molecule has 0 unspecified atom stereocenters. The molecule has 0 atom stereocenters. The Morgan fingerprint density at radius 2 is 2.11 bits per heavy atom. The highest BCUT2D eigenvalue weighted by Crippen LogP contribution is 2.28. The fourth-order valence-corrected chi connectivity index (χ4v) is 1.02. The van der Waals surface area contributed by atoms with Gasteiger partial charge in [0.05, 0.1) is 0 Å². The van der Waals surface area contributed by atoms with Crippen LogP contribution in [0, 0.1) is 5.92 Å². The molecule has 1 saturated carbocycles. The second-order valence-electron chi connectivity index (χ2n) is 2.77. The summed E-state index contributed by atoms with van der Waals surface area (Å²) in [5.74, 6) is 0.615. The van der Waals surface area contributed by atoms with E-state index in [9.17, 15) is 4.79 Å². The smallest absolute Gasteiger partial charge is 0.161 e. The average Bonchev–Trinajstić information content (AvgIpc) is 1.60. The van der Waals surface area contributed by atoms with E-state index in [-0.39, 0.29) is 5.78 Å². The largest absolute Gasteiger partial charge is 0.294 e. The Kier molecular flexibility index (Phi) is 1.70. The number of hydrogen-bond donors (Lipinski definition) is 0. The van der Waals surface area contributed by atoms with Crippen LogP contribution in [0.3, 0.4) is 0 Å². The normalized spacial score (nSPS) is 18.8. The van der Waals surface area contributed by atoms with Crippen LogP contribution in [0.15, 0.2) is 12.2 Å². The van der Waals surface area contributed by atoms with E-state index in [1.54, 1.807) is 6.92 Å². The standard InChI is InChI=1S/C8H12O/c1-6(2)8(9)7-4-3-5-7/h7H,1,3-5H2,2H3. The molecule has 0 spiro atoms. The number of allylic oxidation sites excluding steroid dienone is 1. The van der Waals surface area contributed by atoms with E-state index in [1.165, 1.54) is 6.42 Å². The molecule has 0 N–H and O–H groups in total. The molecule has 0 radical (unpaired) electrons. The van der Waals surface area contributed by atoms with E-state index in [0.717, 1.165) is 18.4 Å². The predicted molar refractivity (Wildman–Crippen MR) is 37.2 cm³/mol. The van der Waals surface area contributed by atoms with Gasteiger partial charge in [-0.1, -0.05) is 13.0 Å². The van der Waals surface area contributed by atoms with Crippen molar-refractivity contribution in [2.45, 2.75) is 26.2 Å².